The first kappa shape index (κ1) is 23.8. The van der Waals surface area contributed by atoms with Crippen molar-refractivity contribution in [3.05, 3.63) is 53.6 Å². The van der Waals surface area contributed by atoms with Gasteiger partial charge in [-0.15, -0.1) is 0 Å². The third-order valence-electron chi connectivity index (χ3n) is 5.48. The van der Waals surface area contributed by atoms with Gasteiger partial charge in [0.15, 0.2) is 0 Å². The minimum absolute atomic E-state index is 0.0147. The number of amides is 1. The SMILES string of the molecule is COC(=O)c1c(OC)cccc1OC1CC[C@@H](C)N(C(=O)c2ccccc2N/N=C\C=N)C1. The van der Waals surface area contributed by atoms with Crippen molar-refractivity contribution in [1.82, 2.24) is 4.90 Å². The molecule has 1 fully saturated rings. The van der Waals surface area contributed by atoms with E-state index in [0.29, 0.717) is 29.3 Å². The van der Waals surface area contributed by atoms with Crippen LogP contribution >= 0.6 is 0 Å². The molecule has 2 aromatic carbocycles. The van der Waals surface area contributed by atoms with E-state index >= 15 is 0 Å². The third-order valence-corrected chi connectivity index (χ3v) is 5.48. The first-order valence-corrected chi connectivity index (χ1v) is 10.6. The number of nitrogens with zero attached hydrogens (tertiary/aromatic N) is 2. The normalized spacial score (nSPS) is 18.0. The van der Waals surface area contributed by atoms with Crippen LogP contribution in [0.2, 0.25) is 0 Å². The Kier molecular flexibility index (Phi) is 8.01. The van der Waals surface area contributed by atoms with Crippen molar-refractivity contribution in [2.75, 3.05) is 26.2 Å². The average Bonchev–Trinajstić information content (AvgIpc) is 2.84. The van der Waals surface area contributed by atoms with E-state index in [-0.39, 0.29) is 23.6 Å². The van der Waals surface area contributed by atoms with Gasteiger partial charge in [-0.1, -0.05) is 18.2 Å². The van der Waals surface area contributed by atoms with E-state index in [1.807, 2.05) is 13.0 Å². The maximum atomic E-state index is 13.4. The Morgan fingerprint density at radius 3 is 2.61 bits per heavy atom. The van der Waals surface area contributed by atoms with Crippen molar-refractivity contribution in [3.8, 4) is 11.5 Å². The number of nitrogens with one attached hydrogen (secondary N) is 2. The van der Waals surface area contributed by atoms with Gasteiger partial charge < -0.3 is 24.5 Å². The topological polar surface area (TPSA) is 113 Å². The second kappa shape index (κ2) is 11.1. The lowest BCUT2D eigenvalue weighted by Crippen LogP contribution is -2.49. The number of methoxy groups -OCH3 is 2. The van der Waals surface area contributed by atoms with E-state index in [1.54, 1.807) is 41.3 Å². The number of rotatable bonds is 8. The maximum Gasteiger partial charge on any atom is 0.345 e. The Morgan fingerprint density at radius 1 is 1.12 bits per heavy atom. The van der Waals surface area contributed by atoms with Gasteiger partial charge in [0.2, 0.25) is 0 Å². The van der Waals surface area contributed by atoms with Gasteiger partial charge in [0.25, 0.3) is 5.91 Å². The second-order valence-electron chi connectivity index (χ2n) is 7.55. The van der Waals surface area contributed by atoms with Crippen LogP contribution in [0, 0.1) is 5.41 Å². The number of anilines is 1. The van der Waals surface area contributed by atoms with E-state index in [4.69, 9.17) is 19.6 Å². The van der Waals surface area contributed by atoms with Gasteiger partial charge in [-0.25, -0.2) is 4.79 Å². The standard InChI is InChI=1S/C24H28N4O5/c1-16-11-12-17(33-21-10-6-9-20(31-2)22(21)24(30)32-3)15-28(16)23(29)18-7-4-5-8-19(18)27-26-14-13-25/h4-10,13-14,16-17,25,27H,11-12,15H2,1-3H3/b25-13?,26-14-/t16-,17?/m1/s1. The number of carbonyl (C=O) groups is 2. The lowest BCUT2D eigenvalue weighted by molar-refractivity contribution is 0.0371. The first-order valence-electron chi connectivity index (χ1n) is 10.6. The van der Waals surface area contributed by atoms with Crippen LogP contribution in [-0.2, 0) is 4.74 Å². The molecule has 0 saturated carbocycles. The second-order valence-corrected chi connectivity index (χ2v) is 7.55. The molecule has 174 valence electrons. The van der Waals surface area contributed by atoms with Gasteiger partial charge in [0, 0.05) is 12.3 Å². The number of para-hydroxylation sites is 1. The highest BCUT2D eigenvalue weighted by atomic mass is 16.5. The third kappa shape index (κ3) is 5.49. The van der Waals surface area contributed by atoms with E-state index < -0.39 is 5.97 Å². The largest absolute Gasteiger partial charge is 0.496 e. The smallest absolute Gasteiger partial charge is 0.345 e. The van der Waals surface area contributed by atoms with E-state index in [2.05, 4.69) is 10.5 Å². The molecule has 0 aromatic heterocycles. The van der Waals surface area contributed by atoms with Crippen molar-refractivity contribution < 1.29 is 23.8 Å². The molecule has 0 bridgehead atoms. The van der Waals surface area contributed by atoms with Crippen LogP contribution in [0.4, 0.5) is 5.69 Å². The molecule has 0 aliphatic carbocycles. The van der Waals surface area contributed by atoms with Crippen LogP contribution in [0.25, 0.3) is 0 Å². The van der Waals surface area contributed by atoms with Crippen molar-refractivity contribution in [2.24, 2.45) is 5.10 Å². The molecule has 2 aromatic rings. The summed E-state index contributed by atoms with van der Waals surface area (Å²) in [7, 11) is 2.78. The maximum absolute atomic E-state index is 13.4. The summed E-state index contributed by atoms with van der Waals surface area (Å²) < 4.78 is 16.4. The molecule has 3 rings (SSSR count). The van der Waals surface area contributed by atoms with Gasteiger partial charge in [-0.05, 0) is 44.0 Å². The average molecular weight is 453 g/mol. The summed E-state index contributed by atoms with van der Waals surface area (Å²) in [5.74, 6) is 0.0194. The number of likely N-dealkylation sites (tertiary alicyclic amines) is 1. The summed E-state index contributed by atoms with van der Waals surface area (Å²) in [6, 6.07) is 12.2. The number of esters is 1. The number of carbonyl (C=O) groups excluding carboxylic acids is 2. The molecule has 1 unspecified atom stereocenters. The molecule has 1 amide bonds. The number of ether oxygens (including phenoxy) is 3. The summed E-state index contributed by atoms with van der Waals surface area (Å²) >= 11 is 0. The molecule has 1 aliphatic heterocycles. The predicted octanol–water partition coefficient (Wildman–Crippen LogP) is 3.60. The molecule has 2 N–H and O–H groups in total. The fourth-order valence-electron chi connectivity index (χ4n) is 3.78. The molecule has 1 saturated heterocycles. The van der Waals surface area contributed by atoms with Crippen molar-refractivity contribution in [2.45, 2.75) is 31.9 Å². The molecular formula is C24H28N4O5. The van der Waals surface area contributed by atoms with E-state index in [1.165, 1.54) is 20.4 Å². The molecule has 0 radical (unpaired) electrons. The van der Waals surface area contributed by atoms with Crippen molar-refractivity contribution >= 4 is 30.0 Å². The summed E-state index contributed by atoms with van der Waals surface area (Å²) in [6.45, 7) is 2.36. The van der Waals surface area contributed by atoms with Crippen LogP contribution < -0.4 is 14.9 Å². The Hall–Kier alpha value is -3.88. The fourth-order valence-corrected chi connectivity index (χ4v) is 3.78. The molecular weight excluding hydrogens is 424 g/mol. The lowest BCUT2D eigenvalue weighted by Gasteiger charge is -2.38. The number of benzene rings is 2. The molecule has 2 atom stereocenters. The Labute approximate surface area is 192 Å². The Bertz CT molecular complexity index is 1040. The summed E-state index contributed by atoms with van der Waals surface area (Å²) in [6.07, 6.45) is 3.51. The van der Waals surface area contributed by atoms with Gasteiger partial charge in [0.05, 0.1) is 38.2 Å². The highest BCUT2D eigenvalue weighted by molar-refractivity contribution is 6.14. The van der Waals surface area contributed by atoms with Crippen LogP contribution in [0.3, 0.4) is 0 Å². The highest BCUT2D eigenvalue weighted by Gasteiger charge is 2.32. The van der Waals surface area contributed by atoms with E-state index in [9.17, 15) is 9.59 Å². The Balaban J connectivity index is 1.82. The van der Waals surface area contributed by atoms with Crippen LogP contribution in [-0.4, -0.2) is 62.1 Å². The van der Waals surface area contributed by atoms with Gasteiger partial charge >= 0.3 is 5.97 Å². The van der Waals surface area contributed by atoms with Gasteiger partial charge in [0.1, 0.15) is 23.2 Å². The minimum atomic E-state index is -0.551. The number of piperidine rings is 1. The summed E-state index contributed by atoms with van der Waals surface area (Å²) in [5, 5.41) is 11.0. The molecule has 1 aliphatic rings. The molecule has 33 heavy (non-hydrogen) atoms. The zero-order valence-corrected chi connectivity index (χ0v) is 18.9. The number of hydrogen-bond acceptors (Lipinski definition) is 8. The van der Waals surface area contributed by atoms with Crippen LogP contribution in [0.15, 0.2) is 47.6 Å². The van der Waals surface area contributed by atoms with Crippen LogP contribution in [0.1, 0.15) is 40.5 Å². The zero-order valence-electron chi connectivity index (χ0n) is 18.9. The predicted molar refractivity (Wildman–Crippen MR) is 126 cm³/mol. The molecule has 1 heterocycles. The zero-order chi connectivity index (χ0) is 23.8. The van der Waals surface area contributed by atoms with Crippen molar-refractivity contribution in [3.63, 3.8) is 0 Å². The Morgan fingerprint density at radius 2 is 1.88 bits per heavy atom. The first-order chi connectivity index (χ1) is 16.0. The van der Waals surface area contributed by atoms with Gasteiger partial charge in [-0.2, -0.15) is 5.10 Å². The lowest BCUT2D eigenvalue weighted by atomic mass is 9.99. The van der Waals surface area contributed by atoms with E-state index in [0.717, 1.165) is 19.1 Å². The monoisotopic (exact) mass is 452 g/mol. The fraction of sp³-hybridized carbons (Fsp3) is 0.333. The minimum Gasteiger partial charge on any atom is -0.496 e. The van der Waals surface area contributed by atoms with Crippen molar-refractivity contribution in [1.29, 1.82) is 5.41 Å². The number of hydrogen-bond donors (Lipinski definition) is 2. The molecule has 9 nitrogen and oxygen atoms in total. The summed E-state index contributed by atoms with van der Waals surface area (Å²) in [4.78, 5) is 27.5. The van der Waals surface area contributed by atoms with Gasteiger partial charge in [-0.3, -0.25) is 10.2 Å². The highest BCUT2D eigenvalue weighted by Crippen LogP contribution is 2.32. The quantitative estimate of drug-likeness (QED) is 0.359. The van der Waals surface area contributed by atoms with Crippen LogP contribution in [0.5, 0.6) is 11.5 Å². The molecule has 0 spiro atoms. The molecule has 9 heteroatoms. The summed E-state index contributed by atoms with van der Waals surface area (Å²) in [5.41, 5.74) is 4.06. The number of hydrazone groups is 1.